The predicted octanol–water partition coefficient (Wildman–Crippen LogP) is 2.80. The second kappa shape index (κ2) is 6.18. The third-order valence-corrected chi connectivity index (χ3v) is 3.22. The third kappa shape index (κ3) is 4.88. The number of nitrogens with two attached hydrogens (primary N) is 1. The number of aryl methyl sites for hydroxylation is 1. The van der Waals surface area contributed by atoms with Crippen LogP contribution in [0, 0.1) is 12.3 Å². The first-order valence-electron chi connectivity index (χ1n) is 6.38. The quantitative estimate of drug-likeness (QED) is 0.820. The van der Waals surface area contributed by atoms with Crippen LogP contribution in [0.15, 0.2) is 24.3 Å². The van der Waals surface area contributed by atoms with E-state index in [4.69, 9.17) is 5.73 Å². The van der Waals surface area contributed by atoms with E-state index in [-0.39, 0.29) is 0 Å². The van der Waals surface area contributed by atoms with Crippen LogP contribution in [0.1, 0.15) is 31.4 Å². The predicted molar refractivity (Wildman–Crippen MR) is 75.0 cm³/mol. The van der Waals surface area contributed by atoms with Crippen molar-refractivity contribution >= 4 is 0 Å². The first kappa shape index (κ1) is 14.2. The largest absolute Gasteiger partial charge is 0.330 e. The van der Waals surface area contributed by atoms with Crippen molar-refractivity contribution in [3.8, 4) is 0 Å². The normalized spacial score (nSPS) is 12.1. The lowest BCUT2D eigenvalue weighted by Crippen LogP contribution is -2.32. The van der Waals surface area contributed by atoms with Crippen LogP contribution in [0.4, 0.5) is 0 Å². The Morgan fingerprint density at radius 3 is 2.47 bits per heavy atom. The highest BCUT2D eigenvalue weighted by Gasteiger charge is 2.19. The van der Waals surface area contributed by atoms with Crippen molar-refractivity contribution in [2.24, 2.45) is 11.1 Å². The van der Waals surface area contributed by atoms with Crippen LogP contribution >= 0.6 is 0 Å². The Kier molecular flexibility index (Phi) is 5.16. The zero-order valence-electron chi connectivity index (χ0n) is 11.7. The maximum absolute atomic E-state index is 5.65. The van der Waals surface area contributed by atoms with Gasteiger partial charge in [-0.1, -0.05) is 38.1 Å². The van der Waals surface area contributed by atoms with Gasteiger partial charge in [0.1, 0.15) is 0 Å². The van der Waals surface area contributed by atoms with E-state index in [0.29, 0.717) is 5.41 Å². The molecule has 0 bridgehead atoms. The molecule has 0 aromatic heterocycles. The molecule has 0 spiro atoms. The van der Waals surface area contributed by atoms with Crippen LogP contribution in [0.25, 0.3) is 0 Å². The Hall–Kier alpha value is -0.860. The van der Waals surface area contributed by atoms with Crippen molar-refractivity contribution in [3.63, 3.8) is 0 Å². The minimum atomic E-state index is 0.298. The summed E-state index contributed by atoms with van der Waals surface area (Å²) in [5, 5.41) is 0. The number of rotatable bonds is 6. The molecule has 17 heavy (non-hydrogen) atoms. The van der Waals surface area contributed by atoms with Gasteiger partial charge >= 0.3 is 0 Å². The number of nitrogens with zero attached hydrogens (tertiary/aromatic N) is 1. The summed E-state index contributed by atoms with van der Waals surface area (Å²) in [5.41, 5.74) is 8.73. The van der Waals surface area contributed by atoms with Gasteiger partial charge in [-0.15, -0.1) is 0 Å². The van der Waals surface area contributed by atoms with Crippen molar-refractivity contribution in [1.29, 1.82) is 0 Å². The maximum Gasteiger partial charge on any atom is 0.0233 e. The second-order valence-electron chi connectivity index (χ2n) is 5.80. The molecule has 1 rings (SSSR count). The molecule has 0 saturated carbocycles. The van der Waals surface area contributed by atoms with E-state index in [0.717, 1.165) is 26.1 Å². The summed E-state index contributed by atoms with van der Waals surface area (Å²) in [5.74, 6) is 0. The van der Waals surface area contributed by atoms with E-state index in [2.05, 4.69) is 57.0 Å². The summed E-state index contributed by atoms with van der Waals surface area (Å²) in [6.45, 7) is 9.61. The van der Waals surface area contributed by atoms with Gasteiger partial charge in [-0.25, -0.2) is 0 Å². The van der Waals surface area contributed by atoms with Gasteiger partial charge in [0, 0.05) is 13.1 Å². The highest BCUT2D eigenvalue weighted by molar-refractivity contribution is 5.25. The molecular formula is C15H26N2. The summed E-state index contributed by atoms with van der Waals surface area (Å²) in [7, 11) is 2.19. The topological polar surface area (TPSA) is 29.3 Å². The van der Waals surface area contributed by atoms with Gasteiger partial charge in [0.2, 0.25) is 0 Å². The molecule has 2 heteroatoms. The van der Waals surface area contributed by atoms with Gasteiger partial charge in [-0.05, 0) is 43.5 Å². The van der Waals surface area contributed by atoms with Gasteiger partial charge in [0.05, 0.1) is 0 Å². The van der Waals surface area contributed by atoms with Crippen molar-refractivity contribution in [1.82, 2.24) is 4.90 Å². The van der Waals surface area contributed by atoms with Gasteiger partial charge < -0.3 is 10.6 Å². The lowest BCUT2D eigenvalue weighted by molar-refractivity contribution is 0.194. The fourth-order valence-corrected chi connectivity index (χ4v) is 2.33. The zero-order valence-corrected chi connectivity index (χ0v) is 11.7. The molecule has 1 aromatic carbocycles. The first-order valence-corrected chi connectivity index (χ1v) is 6.38. The fourth-order valence-electron chi connectivity index (χ4n) is 2.33. The fraction of sp³-hybridized carbons (Fsp3) is 0.600. The Labute approximate surface area is 106 Å². The van der Waals surface area contributed by atoms with Crippen LogP contribution in [0.2, 0.25) is 0 Å². The van der Waals surface area contributed by atoms with Gasteiger partial charge in [0.15, 0.2) is 0 Å². The van der Waals surface area contributed by atoms with Crippen LogP contribution in [0.5, 0.6) is 0 Å². The molecule has 0 aliphatic heterocycles. The highest BCUT2D eigenvalue weighted by Crippen LogP contribution is 2.21. The average molecular weight is 234 g/mol. The molecule has 0 atom stereocenters. The van der Waals surface area contributed by atoms with Gasteiger partial charge in [0.25, 0.3) is 0 Å². The summed E-state index contributed by atoms with van der Waals surface area (Å²) in [6, 6.07) is 8.59. The minimum absolute atomic E-state index is 0.298. The lowest BCUT2D eigenvalue weighted by atomic mass is 9.88. The van der Waals surface area contributed by atoms with Crippen LogP contribution in [0.3, 0.4) is 0 Å². The van der Waals surface area contributed by atoms with Crippen molar-refractivity contribution < 1.29 is 0 Å². The summed E-state index contributed by atoms with van der Waals surface area (Å²) in [4.78, 5) is 2.39. The maximum atomic E-state index is 5.65. The van der Waals surface area contributed by atoms with E-state index in [1.54, 1.807) is 0 Å². The summed E-state index contributed by atoms with van der Waals surface area (Å²) < 4.78 is 0. The van der Waals surface area contributed by atoms with E-state index in [9.17, 15) is 0 Å². The standard InChI is InChI=1S/C15H26N2/c1-13-7-5-6-8-14(13)11-17(4)12-15(2,3)9-10-16/h5-8H,9-12,16H2,1-4H3. The molecule has 0 fully saturated rings. The molecular weight excluding hydrogens is 208 g/mol. The van der Waals surface area contributed by atoms with E-state index >= 15 is 0 Å². The molecule has 0 unspecified atom stereocenters. The number of benzene rings is 1. The Morgan fingerprint density at radius 1 is 1.24 bits per heavy atom. The van der Waals surface area contributed by atoms with E-state index < -0.39 is 0 Å². The number of hydrogen-bond donors (Lipinski definition) is 1. The van der Waals surface area contributed by atoms with Crippen molar-refractivity contribution in [3.05, 3.63) is 35.4 Å². The molecule has 0 aliphatic rings. The van der Waals surface area contributed by atoms with Crippen LogP contribution in [-0.4, -0.2) is 25.0 Å². The van der Waals surface area contributed by atoms with Crippen molar-refractivity contribution in [2.45, 2.75) is 33.7 Å². The minimum Gasteiger partial charge on any atom is -0.330 e. The lowest BCUT2D eigenvalue weighted by Gasteiger charge is -2.30. The van der Waals surface area contributed by atoms with Crippen molar-refractivity contribution in [2.75, 3.05) is 20.1 Å². The molecule has 0 aliphatic carbocycles. The number of hydrogen-bond acceptors (Lipinski definition) is 2. The van der Waals surface area contributed by atoms with E-state index in [1.165, 1.54) is 11.1 Å². The average Bonchev–Trinajstić information content (AvgIpc) is 2.20. The molecule has 2 N–H and O–H groups in total. The van der Waals surface area contributed by atoms with Crippen LogP contribution in [-0.2, 0) is 6.54 Å². The summed E-state index contributed by atoms with van der Waals surface area (Å²) in [6.07, 6.45) is 1.07. The molecule has 0 amide bonds. The summed E-state index contributed by atoms with van der Waals surface area (Å²) >= 11 is 0. The first-order chi connectivity index (χ1) is 7.94. The molecule has 0 radical (unpaired) electrons. The monoisotopic (exact) mass is 234 g/mol. The molecule has 2 nitrogen and oxygen atoms in total. The zero-order chi connectivity index (χ0) is 12.9. The van der Waals surface area contributed by atoms with Gasteiger partial charge in [-0.2, -0.15) is 0 Å². The smallest absolute Gasteiger partial charge is 0.0233 e. The Morgan fingerprint density at radius 2 is 1.88 bits per heavy atom. The SMILES string of the molecule is Cc1ccccc1CN(C)CC(C)(C)CCN. The molecule has 1 aromatic rings. The molecule has 96 valence electrons. The molecule has 0 heterocycles. The Balaban J connectivity index is 2.55. The van der Waals surface area contributed by atoms with Gasteiger partial charge in [-0.3, -0.25) is 0 Å². The highest BCUT2D eigenvalue weighted by atomic mass is 15.1. The molecule has 0 saturated heterocycles. The van der Waals surface area contributed by atoms with E-state index in [1.807, 2.05) is 0 Å². The third-order valence-electron chi connectivity index (χ3n) is 3.22. The second-order valence-corrected chi connectivity index (χ2v) is 5.80. The Bertz CT molecular complexity index is 345. The van der Waals surface area contributed by atoms with Crippen LogP contribution < -0.4 is 5.73 Å².